The van der Waals surface area contributed by atoms with E-state index in [1.807, 2.05) is 12.1 Å². The third-order valence-electron chi connectivity index (χ3n) is 4.80. The molecule has 2 heteroatoms. The minimum atomic E-state index is -0.728. The van der Waals surface area contributed by atoms with E-state index in [1.54, 1.807) is 6.26 Å². The summed E-state index contributed by atoms with van der Waals surface area (Å²) in [4.78, 5) is 0. The summed E-state index contributed by atoms with van der Waals surface area (Å²) in [6.45, 7) is 2.22. The molecule has 0 aromatic carbocycles. The smallest absolute Gasteiger partial charge is 0.128 e. The lowest BCUT2D eigenvalue weighted by Gasteiger charge is -2.24. The Hall–Kier alpha value is -1.20. The maximum absolute atomic E-state index is 10.8. The third-order valence-corrected chi connectivity index (χ3v) is 4.80. The fraction of sp³-hybridized carbons (Fsp3) is 0.700. The molecule has 1 saturated carbocycles. The molecular formula is C20H30O2. The van der Waals surface area contributed by atoms with Gasteiger partial charge >= 0.3 is 0 Å². The lowest BCUT2D eigenvalue weighted by molar-refractivity contribution is 0.0560. The van der Waals surface area contributed by atoms with E-state index in [0.717, 1.165) is 50.7 Å². The van der Waals surface area contributed by atoms with Crippen LogP contribution in [-0.2, 0) is 6.42 Å². The van der Waals surface area contributed by atoms with Gasteiger partial charge < -0.3 is 9.52 Å². The molecule has 0 aliphatic heterocycles. The predicted molar refractivity (Wildman–Crippen MR) is 90.5 cm³/mol. The fourth-order valence-electron chi connectivity index (χ4n) is 3.44. The molecule has 1 aliphatic rings. The molecule has 1 heterocycles. The van der Waals surface area contributed by atoms with E-state index >= 15 is 0 Å². The van der Waals surface area contributed by atoms with Gasteiger partial charge in [-0.25, -0.2) is 0 Å². The Labute approximate surface area is 135 Å². The molecular weight excluding hydrogens is 272 g/mol. The highest BCUT2D eigenvalue weighted by atomic mass is 16.3. The normalized spacial score (nSPS) is 24.2. The molecule has 0 saturated heterocycles. The van der Waals surface area contributed by atoms with Gasteiger partial charge in [0, 0.05) is 12.8 Å². The maximum Gasteiger partial charge on any atom is 0.128 e. The number of aryl methyl sites for hydroxylation is 1. The predicted octanol–water partition coefficient (Wildman–Crippen LogP) is 5.11. The number of rotatable bonds is 8. The molecule has 1 aromatic rings. The van der Waals surface area contributed by atoms with Gasteiger partial charge in [-0.15, -0.1) is 5.92 Å². The molecule has 0 unspecified atom stereocenters. The van der Waals surface area contributed by atoms with Gasteiger partial charge in [0.25, 0.3) is 0 Å². The summed E-state index contributed by atoms with van der Waals surface area (Å²) in [5.74, 6) is 7.84. The van der Waals surface area contributed by atoms with Gasteiger partial charge in [0.15, 0.2) is 0 Å². The van der Waals surface area contributed by atoms with E-state index in [1.165, 1.54) is 25.7 Å². The van der Waals surface area contributed by atoms with Crippen molar-refractivity contribution in [1.29, 1.82) is 0 Å². The molecule has 1 aliphatic carbocycles. The molecule has 1 N–H and O–H groups in total. The topological polar surface area (TPSA) is 33.4 Å². The van der Waals surface area contributed by atoms with E-state index in [4.69, 9.17) is 4.42 Å². The molecule has 1 aromatic heterocycles. The van der Waals surface area contributed by atoms with Crippen molar-refractivity contribution in [3.05, 3.63) is 24.2 Å². The van der Waals surface area contributed by atoms with E-state index in [-0.39, 0.29) is 0 Å². The summed E-state index contributed by atoms with van der Waals surface area (Å²) in [7, 11) is 0. The highest BCUT2D eigenvalue weighted by Gasteiger charge is 2.39. The van der Waals surface area contributed by atoms with Gasteiger partial charge in [-0.1, -0.05) is 32.1 Å². The number of aliphatic hydroxyl groups is 1. The van der Waals surface area contributed by atoms with Crippen molar-refractivity contribution >= 4 is 0 Å². The van der Waals surface area contributed by atoms with Crippen molar-refractivity contribution < 1.29 is 9.52 Å². The van der Waals surface area contributed by atoms with Gasteiger partial charge in [0.2, 0.25) is 0 Å². The summed E-state index contributed by atoms with van der Waals surface area (Å²) in [6, 6.07) is 3.96. The zero-order valence-corrected chi connectivity index (χ0v) is 13.9. The molecule has 0 amide bonds. The maximum atomic E-state index is 10.8. The molecule has 2 atom stereocenters. The van der Waals surface area contributed by atoms with Crippen molar-refractivity contribution in [2.24, 2.45) is 5.92 Å². The van der Waals surface area contributed by atoms with Crippen LogP contribution in [0.4, 0.5) is 0 Å². The monoisotopic (exact) mass is 302 g/mol. The third kappa shape index (κ3) is 5.21. The van der Waals surface area contributed by atoms with Crippen LogP contribution in [-0.4, -0.2) is 10.7 Å². The highest BCUT2D eigenvalue weighted by molar-refractivity contribution is 5.18. The first-order chi connectivity index (χ1) is 10.7. The van der Waals surface area contributed by atoms with Gasteiger partial charge in [-0.3, -0.25) is 0 Å². The van der Waals surface area contributed by atoms with E-state index < -0.39 is 5.60 Å². The van der Waals surface area contributed by atoms with Crippen LogP contribution in [0.25, 0.3) is 0 Å². The van der Waals surface area contributed by atoms with E-state index in [9.17, 15) is 5.11 Å². The van der Waals surface area contributed by atoms with Gasteiger partial charge in [0.05, 0.1) is 6.26 Å². The fourth-order valence-corrected chi connectivity index (χ4v) is 3.44. The largest absolute Gasteiger partial charge is 0.469 e. The van der Waals surface area contributed by atoms with Crippen molar-refractivity contribution in [2.45, 2.75) is 83.2 Å². The van der Waals surface area contributed by atoms with Crippen LogP contribution in [0.1, 0.15) is 76.9 Å². The van der Waals surface area contributed by atoms with Gasteiger partial charge in [-0.05, 0) is 56.6 Å². The number of hydrogen-bond acceptors (Lipinski definition) is 2. The minimum absolute atomic E-state index is 0.339. The first-order valence-corrected chi connectivity index (χ1v) is 8.99. The lowest BCUT2D eigenvalue weighted by Crippen LogP contribution is -2.31. The van der Waals surface area contributed by atoms with Crippen molar-refractivity contribution in [1.82, 2.24) is 0 Å². The first-order valence-electron chi connectivity index (χ1n) is 8.99. The van der Waals surface area contributed by atoms with Crippen LogP contribution >= 0.6 is 0 Å². The van der Waals surface area contributed by atoms with Crippen molar-refractivity contribution in [3.63, 3.8) is 0 Å². The van der Waals surface area contributed by atoms with Crippen LogP contribution < -0.4 is 0 Å². The first kappa shape index (κ1) is 17.2. The molecule has 0 bridgehead atoms. The van der Waals surface area contributed by atoms with Gasteiger partial charge in [0.1, 0.15) is 11.4 Å². The summed E-state index contributed by atoms with van der Waals surface area (Å²) in [5, 5.41) is 10.8. The zero-order valence-electron chi connectivity index (χ0n) is 13.9. The van der Waals surface area contributed by atoms with Gasteiger partial charge in [-0.2, -0.15) is 0 Å². The second kappa shape index (κ2) is 9.06. The van der Waals surface area contributed by atoms with E-state index in [0.29, 0.717) is 5.92 Å². The van der Waals surface area contributed by atoms with E-state index in [2.05, 4.69) is 18.8 Å². The van der Waals surface area contributed by atoms with Crippen LogP contribution in [0.5, 0.6) is 0 Å². The lowest BCUT2D eigenvalue weighted by atomic mass is 9.87. The zero-order chi connectivity index (χ0) is 15.7. The highest BCUT2D eigenvalue weighted by Crippen LogP contribution is 2.38. The Morgan fingerprint density at radius 1 is 1.32 bits per heavy atom. The van der Waals surface area contributed by atoms with Crippen LogP contribution in [0.2, 0.25) is 0 Å². The Morgan fingerprint density at radius 3 is 3.00 bits per heavy atom. The summed E-state index contributed by atoms with van der Waals surface area (Å²) < 4.78 is 5.37. The average Bonchev–Trinajstić information content (AvgIpc) is 3.14. The summed E-state index contributed by atoms with van der Waals surface area (Å²) in [6.07, 6.45) is 13.8. The number of furan rings is 1. The summed E-state index contributed by atoms with van der Waals surface area (Å²) >= 11 is 0. The molecule has 0 radical (unpaired) electrons. The minimum Gasteiger partial charge on any atom is -0.469 e. The molecule has 2 nitrogen and oxygen atoms in total. The Bertz CT molecular complexity index is 466. The second-order valence-corrected chi connectivity index (χ2v) is 6.60. The number of unbranched alkanes of at least 4 members (excludes halogenated alkanes) is 4. The Balaban J connectivity index is 1.74. The molecule has 1 fully saturated rings. The van der Waals surface area contributed by atoms with Crippen LogP contribution in [0, 0.1) is 17.8 Å². The van der Waals surface area contributed by atoms with Crippen LogP contribution in [0.15, 0.2) is 22.8 Å². The second-order valence-electron chi connectivity index (χ2n) is 6.60. The standard InChI is InChI=1S/C20H30O2/c1-2-3-4-5-6-7-15-20(21)16-9-12-18(20)11-8-13-19-14-10-17-22-19/h10,14,17-18,21H,2-6,8-9,11-13,16H2,1H3/t18-,20-/m0/s1. The Kier molecular flexibility index (Phi) is 7.06. The molecule has 0 spiro atoms. The molecule has 122 valence electrons. The summed E-state index contributed by atoms with van der Waals surface area (Å²) in [5.41, 5.74) is -0.728. The number of hydrogen-bond donors (Lipinski definition) is 1. The molecule has 22 heavy (non-hydrogen) atoms. The van der Waals surface area contributed by atoms with Crippen molar-refractivity contribution in [2.75, 3.05) is 0 Å². The Morgan fingerprint density at radius 2 is 2.23 bits per heavy atom. The molecule has 2 rings (SSSR count). The van der Waals surface area contributed by atoms with Crippen LogP contribution in [0.3, 0.4) is 0 Å². The van der Waals surface area contributed by atoms with Crippen molar-refractivity contribution in [3.8, 4) is 11.8 Å². The SMILES string of the molecule is CCCCCCC#C[C@]1(O)CCC[C@@H]1CCCc1ccco1. The quantitative estimate of drug-likeness (QED) is 0.535. The average molecular weight is 302 g/mol.